The van der Waals surface area contributed by atoms with Crippen LogP contribution in [-0.2, 0) is 5.41 Å². The molecule has 0 N–H and O–H groups in total. The van der Waals surface area contributed by atoms with Crippen LogP contribution in [0.3, 0.4) is 0 Å². The molecule has 0 saturated heterocycles. The minimum atomic E-state index is -0.562. The maximum atomic E-state index is 2.51. The number of para-hydroxylation sites is 2. The molecule has 300 valence electrons. The predicted octanol–water partition coefficient (Wildman–Crippen LogP) is 17.0. The minimum absolute atomic E-state index is 0.562. The highest BCUT2D eigenvalue weighted by Gasteiger charge is 2.52. The lowest BCUT2D eigenvalue weighted by Gasteiger charge is -2.33. The summed E-state index contributed by atoms with van der Waals surface area (Å²) in [6.07, 6.45) is 0. The second-order valence-electron chi connectivity index (χ2n) is 16.8. The fourth-order valence-corrected chi connectivity index (χ4v) is 11.8. The quantitative estimate of drug-likeness (QED) is 0.158. The lowest BCUT2D eigenvalue weighted by Crippen LogP contribution is -2.26. The Morgan fingerprint density at radius 2 is 0.703 bits per heavy atom. The Morgan fingerprint density at radius 3 is 1.34 bits per heavy atom. The first kappa shape index (κ1) is 36.7. The van der Waals surface area contributed by atoms with E-state index < -0.39 is 5.41 Å². The van der Waals surface area contributed by atoms with Gasteiger partial charge in [0, 0.05) is 54.3 Å². The van der Waals surface area contributed by atoms with E-state index in [0.29, 0.717) is 0 Å². The number of rotatable bonds is 7. The van der Waals surface area contributed by atoms with E-state index in [2.05, 4.69) is 252 Å². The lowest BCUT2D eigenvalue weighted by atomic mass is 9.70. The number of fused-ring (bicyclic) bond motifs is 13. The van der Waals surface area contributed by atoms with Gasteiger partial charge >= 0.3 is 0 Å². The van der Waals surface area contributed by atoms with Crippen LogP contribution in [0.1, 0.15) is 22.3 Å². The molecule has 1 heterocycles. The molecule has 0 radical (unpaired) electrons. The second kappa shape index (κ2) is 14.6. The lowest BCUT2D eigenvalue weighted by molar-refractivity contribution is 0.793. The Balaban J connectivity index is 1.07. The highest BCUT2D eigenvalue weighted by Crippen LogP contribution is 2.64. The van der Waals surface area contributed by atoms with Crippen LogP contribution in [-0.4, -0.2) is 0 Å². The van der Waals surface area contributed by atoms with E-state index in [0.717, 1.165) is 34.1 Å². The van der Waals surface area contributed by atoms with Gasteiger partial charge in [0.15, 0.2) is 0 Å². The molecule has 2 aliphatic rings. The van der Waals surface area contributed by atoms with Gasteiger partial charge in [0.2, 0.25) is 0 Å². The molecule has 0 aliphatic heterocycles. The molecular weight excluding hydrogens is 793 g/mol. The average Bonchev–Trinajstić information content (AvgIpc) is 3.99. The molecule has 1 aromatic heterocycles. The fourth-order valence-electron chi connectivity index (χ4n) is 10.8. The third-order valence-electron chi connectivity index (χ3n) is 13.4. The third kappa shape index (κ3) is 5.51. The third-order valence-corrected chi connectivity index (χ3v) is 14.6. The van der Waals surface area contributed by atoms with Crippen LogP contribution >= 0.6 is 11.3 Å². The maximum Gasteiger partial charge on any atom is 0.0727 e. The minimum Gasteiger partial charge on any atom is -0.310 e. The van der Waals surface area contributed by atoms with Crippen LogP contribution in [0, 0.1) is 0 Å². The number of benzene rings is 10. The average molecular weight is 833 g/mol. The molecule has 0 amide bonds. The van der Waals surface area contributed by atoms with Crippen LogP contribution in [0.2, 0.25) is 0 Å². The van der Waals surface area contributed by atoms with Crippen molar-refractivity contribution in [3.8, 4) is 33.4 Å². The summed E-state index contributed by atoms with van der Waals surface area (Å²) in [4.78, 5) is 4.86. The van der Waals surface area contributed by atoms with Crippen molar-refractivity contribution in [1.29, 1.82) is 0 Å². The summed E-state index contributed by atoms with van der Waals surface area (Å²) >= 11 is 1.86. The van der Waals surface area contributed by atoms with Crippen molar-refractivity contribution in [2.24, 2.45) is 0 Å². The normalized spacial score (nSPS) is 14.3. The molecule has 11 aromatic rings. The summed E-state index contributed by atoms with van der Waals surface area (Å²) in [5, 5.41) is 2.57. The molecule has 1 atom stereocenters. The van der Waals surface area contributed by atoms with Crippen LogP contribution in [0.4, 0.5) is 34.1 Å². The van der Waals surface area contributed by atoms with Crippen molar-refractivity contribution in [2.45, 2.75) is 5.41 Å². The number of anilines is 6. The standard InChI is InChI=1S/C61H40N2S/c1-4-17-41(18-5-1)42-19-16-24-45(37-42)63(46-33-36-60-54(38-46)53-27-12-15-30-59(53)64-60)48-32-35-52-50-26-11-14-29-56(50)61(58(52)40-48)55-28-13-10-25-49(55)51-34-31-47(39-57(51)61)62(43-20-6-2-7-21-43)44-22-8-3-9-23-44/h1-40H. The molecule has 10 aromatic carbocycles. The maximum absolute atomic E-state index is 2.51. The van der Waals surface area contributed by atoms with Gasteiger partial charge in [-0.15, -0.1) is 11.3 Å². The predicted molar refractivity (Wildman–Crippen MR) is 270 cm³/mol. The summed E-state index contributed by atoms with van der Waals surface area (Å²) in [6, 6.07) is 89.6. The van der Waals surface area contributed by atoms with Gasteiger partial charge in [0.25, 0.3) is 0 Å². The smallest absolute Gasteiger partial charge is 0.0727 e. The topological polar surface area (TPSA) is 6.48 Å². The zero-order valence-electron chi connectivity index (χ0n) is 34.9. The fraction of sp³-hybridized carbons (Fsp3) is 0.0164. The number of hydrogen-bond donors (Lipinski definition) is 0. The van der Waals surface area contributed by atoms with Crippen LogP contribution in [0.5, 0.6) is 0 Å². The second-order valence-corrected chi connectivity index (χ2v) is 17.9. The van der Waals surface area contributed by atoms with Crippen molar-refractivity contribution >= 4 is 65.6 Å². The van der Waals surface area contributed by atoms with Crippen molar-refractivity contribution in [1.82, 2.24) is 0 Å². The Bertz CT molecular complexity index is 3520. The van der Waals surface area contributed by atoms with Gasteiger partial charge < -0.3 is 9.80 Å². The van der Waals surface area contributed by atoms with Crippen molar-refractivity contribution in [3.05, 3.63) is 265 Å². The summed E-state index contributed by atoms with van der Waals surface area (Å²) in [7, 11) is 0. The van der Waals surface area contributed by atoms with E-state index in [1.807, 2.05) is 11.3 Å². The van der Waals surface area contributed by atoms with Gasteiger partial charge in [0.05, 0.1) is 5.41 Å². The van der Waals surface area contributed by atoms with E-state index in [1.165, 1.54) is 75.8 Å². The molecule has 0 fully saturated rings. The van der Waals surface area contributed by atoms with Gasteiger partial charge in [-0.2, -0.15) is 0 Å². The zero-order valence-corrected chi connectivity index (χ0v) is 35.7. The van der Waals surface area contributed by atoms with Crippen molar-refractivity contribution in [2.75, 3.05) is 9.80 Å². The molecule has 64 heavy (non-hydrogen) atoms. The summed E-state index contributed by atoms with van der Waals surface area (Å²) < 4.78 is 2.60. The first-order valence-electron chi connectivity index (χ1n) is 22.0. The number of thiophene rings is 1. The monoisotopic (exact) mass is 832 g/mol. The molecule has 2 nitrogen and oxygen atoms in total. The number of hydrogen-bond acceptors (Lipinski definition) is 3. The molecule has 3 heteroatoms. The SMILES string of the molecule is c1ccc(-c2cccc(N(c3ccc4c(c3)C3(c5ccccc5-c5ccc(N(c6ccccc6)c6ccccc6)cc53)c3ccccc3-4)c3ccc4sc5ccccc5c4c3)c2)cc1. The Kier molecular flexibility index (Phi) is 8.34. The molecule has 2 aliphatic carbocycles. The highest BCUT2D eigenvalue weighted by atomic mass is 32.1. The van der Waals surface area contributed by atoms with E-state index in [9.17, 15) is 0 Å². The summed E-state index contributed by atoms with van der Waals surface area (Å²) in [6.45, 7) is 0. The van der Waals surface area contributed by atoms with E-state index in [4.69, 9.17) is 0 Å². The van der Waals surface area contributed by atoms with Crippen LogP contribution in [0.15, 0.2) is 243 Å². The van der Waals surface area contributed by atoms with Crippen molar-refractivity contribution in [3.63, 3.8) is 0 Å². The molecule has 13 rings (SSSR count). The van der Waals surface area contributed by atoms with Gasteiger partial charge in [-0.05, 0) is 141 Å². The van der Waals surface area contributed by atoms with Crippen LogP contribution < -0.4 is 9.80 Å². The van der Waals surface area contributed by atoms with Crippen LogP contribution in [0.25, 0.3) is 53.6 Å². The summed E-state index contributed by atoms with van der Waals surface area (Å²) in [5.74, 6) is 0. The molecule has 0 saturated carbocycles. The van der Waals surface area contributed by atoms with E-state index >= 15 is 0 Å². The zero-order chi connectivity index (χ0) is 42.2. The Hall–Kier alpha value is -7.98. The summed E-state index contributed by atoms with van der Waals surface area (Å²) in [5.41, 5.74) is 18.9. The largest absolute Gasteiger partial charge is 0.310 e. The van der Waals surface area contributed by atoms with E-state index in [-0.39, 0.29) is 0 Å². The van der Waals surface area contributed by atoms with Gasteiger partial charge in [-0.3, -0.25) is 0 Å². The van der Waals surface area contributed by atoms with Gasteiger partial charge in [-0.1, -0.05) is 158 Å². The van der Waals surface area contributed by atoms with Crippen molar-refractivity contribution < 1.29 is 0 Å². The van der Waals surface area contributed by atoms with E-state index in [1.54, 1.807) is 0 Å². The Labute approximate surface area is 377 Å². The Morgan fingerprint density at radius 1 is 0.266 bits per heavy atom. The molecular formula is C61H40N2S. The number of nitrogens with zero attached hydrogens (tertiary/aromatic N) is 2. The molecule has 1 unspecified atom stereocenters. The van der Waals surface area contributed by atoms with Gasteiger partial charge in [-0.25, -0.2) is 0 Å². The molecule has 1 spiro atoms. The highest BCUT2D eigenvalue weighted by molar-refractivity contribution is 7.25. The van der Waals surface area contributed by atoms with Gasteiger partial charge in [0.1, 0.15) is 0 Å². The first-order valence-corrected chi connectivity index (χ1v) is 22.8. The molecule has 0 bridgehead atoms. The first-order chi connectivity index (χ1) is 31.7.